The molecule has 1 aromatic rings. The summed E-state index contributed by atoms with van der Waals surface area (Å²) in [6.07, 6.45) is 4.68. The van der Waals surface area contributed by atoms with Gasteiger partial charge in [-0.1, -0.05) is 0 Å². The van der Waals surface area contributed by atoms with Crippen LogP contribution >= 0.6 is 0 Å². The van der Waals surface area contributed by atoms with E-state index < -0.39 is 8.97 Å². The van der Waals surface area contributed by atoms with Crippen molar-refractivity contribution in [2.45, 2.75) is 33.6 Å². The second-order valence-corrected chi connectivity index (χ2v) is 6.27. The highest BCUT2D eigenvalue weighted by molar-refractivity contribution is 6.57. The normalized spacial score (nSPS) is 11.8. The van der Waals surface area contributed by atoms with Gasteiger partial charge in [0.25, 0.3) is 0 Å². The number of hydrogen-bond donors (Lipinski definition) is 1. The van der Waals surface area contributed by atoms with Crippen LogP contribution in [-0.2, 0) is 19.7 Å². The summed E-state index contributed by atoms with van der Waals surface area (Å²) >= 11 is 0. The van der Waals surface area contributed by atoms with E-state index in [2.05, 4.69) is 19.9 Å². The van der Waals surface area contributed by atoms with Crippen molar-refractivity contribution < 1.29 is 13.3 Å². The molecule has 0 bridgehead atoms. The summed E-state index contributed by atoms with van der Waals surface area (Å²) in [6.45, 7) is 8.23. The van der Waals surface area contributed by atoms with Crippen LogP contribution in [0.5, 0.6) is 0 Å². The number of nitrogens with one attached hydrogen (secondary N) is 1. The van der Waals surface area contributed by atoms with E-state index in [-0.39, 0.29) is 0 Å². The van der Waals surface area contributed by atoms with Gasteiger partial charge < -0.3 is 13.3 Å². The maximum atomic E-state index is 5.70. The minimum Gasteiger partial charge on any atom is -0.361 e. The van der Waals surface area contributed by atoms with Crippen LogP contribution < -0.4 is 4.98 Å². The van der Waals surface area contributed by atoms with Crippen molar-refractivity contribution in [1.29, 1.82) is 0 Å². The van der Waals surface area contributed by atoms with Crippen LogP contribution in [0.2, 0.25) is 0 Å². The zero-order chi connectivity index (χ0) is 14.7. The lowest BCUT2D eigenvalue weighted by molar-refractivity contribution is 0.0599. The first-order valence-corrected chi connectivity index (χ1v) is 8.76. The SMILES string of the molecule is CCO[Si](NCCCc1ncncn1)(OCC)OCC. The molecule has 0 amide bonds. The molecule has 1 aromatic heterocycles. The third-order valence-corrected chi connectivity index (χ3v) is 5.16. The van der Waals surface area contributed by atoms with E-state index in [1.54, 1.807) is 0 Å². The van der Waals surface area contributed by atoms with Crippen LogP contribution in [0.25, 0.3) is 0 Å². The van der Waals surface area contributed by atoms with Crippen molar-refractivity contribution in [2.75, 3.05) is 26.4 Å². The molecule has 0 atom stereocenters. The van der Waals surface area contributed by atoms with Crippen molar-refractivity contribution >= 4 is 8.97 Å². The molecule has 0 fully saturated rings. The number of aromatic nitrogens is 3. The predicted octanol–water partition coefficient (Wildman–Crippen LogP) is 0.939. The first-order chi connectivity index (χ1) is 9.76. The van der Waals surface area contributed by atoms with Crippen LogP contribution in [0.15, 0.2) is 12.7 Å². The van der Waals surface area contributed by atoms with Crippen molar-refractivity contribution in [3.05, 3.63) is 18.5 Å². The van der Waals surface area contributed by atoms with E-state index in [4.69, 9.17) is 13.3 Å². The monoisotopic (exact) mass is 300 g/mol. The van der Waals surface area contributed by atoms with E-state index in [1.165, 1.54) is 12.7 Å². The molecule has 1 rings (SSSR count). The summed E-state index contributed by atoms with van der Waals surface area (Å²) in [7, 11) is -2.74. The molecule has 0 unspecified atom stereocenters. The summed E-state index contributed by atoms with van der Waals surface area (Å²) in [6, 6.07) is 0. The second kappa shape index (κ2) is 9.89. The van der Waals surface area contributed by atoms with Gasteiger partial charge in [-0.2, -0.15) is 0 Å². The van der Waals surface area contributed by atoms with Crippen LogP contribution in [-0.4, -0.2) is 50.3 Å². The Morgan fingerprint density at radius 2 is 1.55 bits per heavy atom. The number of hydrogen-bond acceptors (Lipinski definition) is 7. The Hall–Kier alpha value is -0.933. The third-order valence-electron chi connectivity index (χ3n) is 2.47. The summed E-state index contributed by atoms with van der Waals surface area (Å²) < 4.78 is 17.1. The van der Waals surface area contributed by atoms with Gasteiger partial charge in [-0.3, -0.25) is 4.98 Å². The molecular formula is C12H24N4O3Si. The number of rotatable bonds is 11. The fourth-order valence-electron chi connectivity index (χ4n) is 1.73. The maximum Gasteiger partial charge on any atom is 0.596 e. The lowest BCUT2D eigenvalue weighted by atomic mass is 10.3. The number of nitrogens with zero attached hydrogens (tertiary/aromatic N) is 3. The largest absolute Gasteiger partial charge is 0.596 e. The average Bonchev–Trinajstić information content (AvgIpc) is 2.46. The van der Waals surface area contributed by atoms with Crippen LogP contribution in [0.4, 0.5) is 0 Å². The van der Waals surface area contributed by atoms with E-state index in [1.807, 2.05) is 20.8 Å². The summed E-state index contributed by atoms with van der Waals surface area (Å²) in [5.41, 5.74) is 0. The average molecular weight is 300 g/mol. The molecule has 0 aliphatic heterocycles. The molecule has 0 saturated carbocycles. The molecule has 114 valence electrons. The van der Waals surface area contributed by atoms with Gasteiger partial charge in [-0.05, 0) is 33.7 Å². The van der Waals surface area contributed by atoms with Gasteiger partial charge in [0, 0.05) is 26.2 Å². The summed E-state index contributed by atoms with van der Waals surface area (Å²) in [5, 5.41) is 0. The maximum absolute atomic E-state index is 5.70. The molecule has 0 spiro atoms. The Morgan fingerprint density at radius 1 is 1.00 bits per heavy atom. The van der Waals surface area contributed by atoms with Gasteiger partial charge >= 0.3 is 8.97 Å². The fourth-order valence-corrected chi connectivity index (χ4v) is 3.91. The molecule has 0 radical (unpaired) electrons. The van der Waals surface area contributed by atoms with Crippen LogP contribution in [0, 0.1) is 0 Å². The molecular weight excluding hydrogens is 276 g/mol. The lowest BCUT2D eigenvalue weighted by Gasteiger charge is -2.28. The zero-order valence-electron chi connectivity index (χ0n) is 12.5. The molecule has 0 saturated heterocycles. The molecule has 1 N–H and O–H groups in total. The third kappa shape index (κ3) is 6.01. The van der Waals surface area contributed by atoms with Crippen molar-refractivity contribution in [1.82, 2.24) is 19.9 Å². The molecule has 1 heterocycles. The Kier molecular flexibility index (Phi) is 8.47. The quantitative estimate of drug-likeness (QED) is 0.481. The van der Waals surface area contributed by atoms with Gasteiger partial charge in [-0.25, -0.2) is 15.0 Å². The second-order valence-electron chi connectivity index (χ2n) is 3.94. The standard InChI is InChI=1S/C12H24N4O3Si/c1-4-17-20(18-5-2,19-6-3)16-9-7-8-12-14-10-13-11-15-12/h10-11,16H,4-9H2,1-3H3. The van der Waals surface area contributed by atoms with Crippen molar-refractivity contribution in [3.8, 4) is 0 Å². The zero-order valence-corrected chi connectivity index (χ0v) is 13.5. The van der Waals surface area contributed by atoms with Crippen LogP contribution in [0.3, 0.4) is 0 Å². The molecule has 20 heavy (non-hydrogen) atoms. The Labute approximate surface area is 121 Å². The number of aryl methyl sites for hydroxylation is 1. The van der Waals surface area contributed by atoms with Crippen LogP contribution in [0.1, 0.15) is 33.0 Å². The molecule has 0 aliphatic carbocycles. The molecule has 7 nitrogen and oxygen atoms in total. The molecule has 0 aliphatic rings. The predicted molar refractivity (Wildman–Crippen MR) is 76.8 cm³/mol. The molecule has 0 aromatic carbocycles. The summed E-state index contributed by atoms with van der Waals surface area (Å²) in [5.74, 6) is 0.790. The minimum absolute atomic E-state index is 0.562. The van der Waals surface area contributed by atoms with E-state index >= 15 is 0 Å². The van der Waals surface area contributed by atoms with Gasteiger partial charge in [0.15, 0.2) is 0 Å². The van der Waals surface area contributed by atoms with Gasteiger partial charge in [0.1, 0.15) is 18.5 Å². The first-order valence-electron chi connectivity index (χ1n) is 7.04. The van der Waals surface area contributed by atoms with E-state index in [0.717, 1.165) is 25.2 Å². The summed E-state index contributed by atoms with van der Waals surface area (Å²) in [4.78, 5) is 15.3. The van der Waals surface area contributed by atoms with E-state index in [9.17, 15) is 0 Å². The lowest BCUT2D eigenvalue weighted by Crippen LogP contribution is -2.59. The highest BCUT2D eigenvalue weighted by Crippen LogP contribution is 2.06. The van der Waals surface area contributed by atoms with Gasteiger partial charge in [0.2, 0.25) is 0 Å². The van der Waals surface area contributed by atoms with Gasteiger partial charge in [0.05, 0.1) is 0 Å². The smallest absolute Gasteiger partial charge is 0.361 e. The Balaban J connectivity index is 2.40. The highest BCUT2D eigenvalue weighted by atomic mass is 28.4. The topological polar surface area (TPSA) is 78.4 Å². The van der Waals surface area contributed by atoms with Crippen molar-refractivity contribution in [3.63, 3.8) is 0 Å². The van der Waals surface area contributed by atoms with Crippen molar-refractivity contribution in [2.24, 2.45) is 0 Å². The Bertz CT molecular complexity index is 339. The van der Waals surface area contributed by atoms with E-state index in [0.29, 0.717) is 19.8 Å². The molecule has 8 heteroatoms. The Morgan fingerprint density at radius 3 is 2.05 bits per heavy atom. The first kappa shape index (κ1) is 17.1. The minimum atomic E-state index is -2.74. The fraction of sp³-hybridized carbons (Fsp3) is 0.750. The highest BCUT2D eigenvalue weighted by Gasteiger charge is 2.41. The van der Waals surface area contributed by atoms with Gasteiger partial charge in [-0.15, -0.1) is 0 Å².